The first-order chi connectivity index (χ1) is 8.38. The summed E-state index contributed by atoms with van der Waals surface area (Å²) in [5.41, 5.74) is 6.30. The van der Waals surface area contributed by atoms with Gasteiger partial charge in [-0.25, -0.2) is 0 Å². The van der Waals surface area contributed by atoms with Crippen molar-refractivity contribution in [2.75, 3.05) is 13.6 Å². The highest BCUT2D eigenvalue weighted by atomic mass is 127. The maximum absolute atomic E-state index is 5.66. The van der Waals surface area contributed by atoms with E-state index in [0.717, 1.165) is 18.9 Å². The van der Waals surface area contributed by atoms with Gasteiger partial charge in [0.1, 0.15) is 0 Å². The highest BCUT2D eigenvalue weighted by molar-refractivity contribution is 14.1. The van der Waals surface area contributed by atoms with Crippen molar-refractivity contribution in [2.45, 2.75) is 59.0 Å². The van der Waals surface area contributed by atoms with Crippen molar-refractivity contribution in [1.82, 2.24) is 4.90 Å². The van der Waals surface area contributed by atoms with Crippen molar-refractivity contribution in [3.05, 3.63) is 0 Å². The smallest absolute Gasteiger partial charge is 0.285 e. The van der Waals surface area contributed by atoms with Crippen molar-refractivity contribution in [3.8, 4) is 0 Å². The topological polar surface area (TPSA) is 41.6 Å². The van der Waals surface area contributed by atoms with Crippen molar-refractivity contribution in [2.24, 2.45) is 16.6 Å². The molecule has 0 aliphatic rings. The fourth-order valence-electron chi connectivity index (χ4n) is 2.02. The van der Waals surface area contributed by atoms with Crippen LogP contribution >= 0.6 is 22.4 Å². The van der Waals surface area contributed by atoms with E-state index in [9.17, 15) is 0 Å². The van der Waals surface area contributed by atoms with Crippen LogP contribution in [0.1, 0.15) is 47.0 Å². The van der Waals surface area contributed by atoms with Gasteiger partial charge >= 0.3 is 0 Å². The van der Waals surface area contributed by atoms with Gasteiger partial charge in [-0.3, -0.25) is 4.99 Å². The third kappa shape index (κ3) is 8.35. The highest BCUT2D eigenvalue weighted by Crippen LogP contribution is 2.17. The maximum Gasteiger partial charge on any atom is 0.285 e. The second-order valence-corrected chi connectivity index (χ2v) is 6.22. The molecule has 3 nitrogen and oxygen atoms in total. The highest BCUT2D eigenvalue weighted by Gasteiger charge is 2.17. The molecular weight excluding hydrogens is 336 g/mol. The number of amidine groups is 1. The standard InChI is InChI=1S/C13H28BIN3/c1-10(2)9-12(18(5)11(3)4)7-6-8-17-13(16)14-15/h10-12H,6-9H2,1-5H3,(H2,16,17)/t12-/m0/s1. The van der Waals surface area contributed by atoms with Crippen LogP contribution in [0.2, 0.25) is 0 Å². The summed E-state index contributed by atoms with van der Waals surface area (Å²) in [6.45, 7) is 9.94. The number of rotatable bonds is 9. The van der Waals surface area contributed by atoms with Crippen LogP contribution in [0.15, 0.2) is 4.99 Å². The molecule has 2 N–H and O–H groups in total. The van der Waals surface area contributed by atoms with E-state index >= 15 is 0 Å². The molecule has 18 heavy (non-hydrogen) atoms. The van der Waals surface area contributed by atoms with E-state index in [1.54, 1.807) is 0 Å². The second-order valence-electron chi connectivity index (χ2n) is 5.60. The van der Waals surface area contributed by atoms with Crippen LogP contribution in [0.25, 0.3) is 0 Å². The largest absolute Gasteiger partial charge is 0.395 e. The SMILES string of the molecule is CC(C)C[C@H](CCCN=C(N)[B]I)N(C)C(C)C. The van der Waals surface area contributed by atoms with Gasteiger partial charge in [0.2, 0.25) is 0 Å². The van der Waals surface area contributed by atoms with E-state index in [0.29, 0.717) is 17.8 Å². The van der Waals surface area contributed by atoms with Gasteiger partial charge in [-0.2, -0.15) is 0 Å². The Labute approximate surface area is 127 Å². The minimum Gasteiger partial charge on any atom is -0.395 e. The molecule has 0 fully saturated rings. The monoisotopic (exact) mass is 364 g/mol. The number of hydrogen-bond donors (Lipinski definition) is 1. The first-order valence-corrected chi connectivity index (χ1v) is 8.08. The first kappa shape index (κ1) is 18.2. The van der Waals surface area contributed by atoms with Crippen LogP contribution in [-0.2, 0) is 0 Å². The molecule has 0 unspecified atom stereocenters. The lowest BCUT2D eigenvalue weighted by molar-refractivity contribution is 0.162. The van der Waals surface area contributed by atoms with Gasteiger partial charge in [0, 0.05) is 18.6 Å². The third-order valence-corrected chi connectivity index (χ3v) is 3.87. The summed E-state index contributed by atoms with van der Waals surface area (Å²) in [5, 5.41) is 1.82. The van der Waals surface area contributed by atoms with E-state index in [1.165, 1.54) is 12.8 Å². The van der Waals surface area contributed by atoms with Crippen LogP contribution in [0.4, 0.5) is 0 Å². The molecule has 105 valence electrons. The normalized spacial score (nSPS) is 14.6. The predicted molar refractivity (Wildman–Crippen MR) is 91.6 cm³/mol. The lowest BCUT2D eigenvalue weighted by Crippen LogP contribution is -2.38. The first-order valence-electron chi connectivity index (χ1n) is 6.83. The van der Waals surface area contributed by atoms with Gasteiger partial charge < -0.3 is 10.6 Å². The summed E-state index contributed by atoms with van der Waals surface area (Å²) in [6.07, 6.45) is 3.57. The fourth-order valence-corrected chi connectivity index (χ4v) is 2.22. The van der Waals surface area contributed by atoms with Crippen molar-refractivity contribution in [3.63, 3.8) is 0 Å². The van der Waals surface area contributed by atoms with Crippen LogP contribution in [0.5, 0.6) is 0 Å². The fraction of sp³-hybridized carbons (Fsp3) is 0.923. The zero-order chi connectivity index (χ0) is 14.1. The number of hydrogen-bond acceptors (Lipinski definition) is 2. The van der Waals surface area contributed by atoms with Gasteiger partial charge in [0.05, 0.1) is 5.73 Å². The van der Waals surface area contributed by atoms with E-state index in [4.69, 9.17) is 5.73 Å². The van der Waals surface area contributed by atoms with Gasteiger partial charge in [-0.1, -0.05) is 13.8 Å². The molecule has 0 saturated heterocycles. The second kappa shape index (κ2) is 10.1. The summed E-state index contributed by atoms with van der Waals surface area (Å²) in [6, 6.07) is 1.26. The third-order valence-electron chi connectivity index (χ3n) is 3.24. The molecule has 1 atom stereocenters. The molecule has 0 rings (SSSR count). The molecule has 0 saturated carbocycles. The molecule has 0 aromatic rings. The molecule has 0 heterocycles. The molecule has 0 amide bonds. The van der Waals surface area contributed by atoms with Gasteiger partial charge in [0.15, 0.2) is 0 Å². The summed E-state index contributed by atoms with van der Waals surface area (Å²) in [5.74, 6) is 0.743. The summed E-state index contributed by atoms with van der Waals surface area (Å²) in [7, 11) is 2.23. The van der Waals surface area contributed by atoms with Gasteiger partial charge in [-0.05, 0) is 46.1 Å². The Bertz CT molecular complexity index is 244. The summed E-state index contributed by atoms with van der Waals surface area (Å²) >= 11 is 2.12. The number of aliphatic imine (C=N–C) groups is 1. The van der Waals surface area contributed by atoms with Crippen LogP contribution in [0.3, 0.4) is 0 Å². The van der Waals surface area contributed by atoms with Crippen molar-refractivity contribution < 1.29 is 0 Å². The maximum atomic E-state index is 5.66. The number of nitrogens with zero attached hydrogens (tertiary/aromatic N) is 2. The lowest BCUT2D eigenvalue weighted by atomic mass is 9.97. The predicted octanol–water partition coefficient (Wildman–Crippen LogP) is 2.89. The van der Waals surface area contributed by atoms with E-state index in [-0.39, 0.29) is 0 Å². The minimum absolute atomic E-state index is 0.602. The summed E-state index contributed by atoms with van der Waals surface area (Å²) < 4.78 is 0. The Kier molecular flexibility index (Phi) is 10.2. The Morgan fingerprint density at radius 1 is 1.33 bits per heavy atom. The average molecular weight is 364 g/mol. The molecular formula is C13H28BIN3. The Hall–Kier alpha value is 0.225. The van der Waals surface area contributed by atoms with E-state index in [2.05, 4.69) is 67.0 Å². The van der Waals surface area contributed by atoms with Crippen molar-refractivity contribution >= 4 is 33.2 Å². The average Bonchev–Trinajstić information content (AvgIpc) is 2.30. The lowest BCUT2D eigenvalue weighted by Gasteiger charge is -2.32. The van der Waals surface area contributed by atoms with Gasteiger partial charge in [-0.15, -0.1) is 22.4 Å². The zero-order valence-corrected chi connectivity index (χ0v) is 14.6. The molecule has 0 aliphatic carbocycles. The van der Waals surface area contributed by atoms with Crippen LogP contribution < -0.4 is 5.73 Å². The minimum atomic E-state index is 0.602. The number of nitrogens with two attached hydrogens (primary N) is 1. The van der Waals surface area contributed by atoms with E-state index in [1.807, 2.05) is 5.14 Å². The molecule has 0 aromatic carbocycles. The quantitative estimate of drug-likeness (QED) is 0.225. The molecule has 0 spiro atoms. The van der Waals surface area contributed by atoms with Crippen LogP contribution in [0, 0.1) is 5.92 Å². The van der Waals surface area contributed by atoms with E-state index < -0.39 is 0 Å². The Balaban J connectivity index is 4.17. The summed E-state index contributed by atoms with van der Waals surface area (Å²) in [4.78, 5) is 6.79. The van der Waals surface area contributed by atoms with Crippen LogP contribution in [-0.4, -0.2) is 41.4 Å². The van der Waals surface area contributed by atoms with Gasteiger partial charge in [0.25, 0.3) is 5.14 Å². The Morgan fingerprint density at radius 2 is 1.94 bits per heavy atom. The molecule has 0 aliphatic heterocycles. The number of halogens is 1. The van der Waals surface area contributed by atoms with Crippen molar-refractivity contribution in [1.29, 1.82) is 0 Å². The molecule has 5 heteroatoms. The molecule has 1 radical (unpaired) electrons. The molecule has 0 bridgehead atoms. The molecule has 0 aromatic heterocycles. The zero-order valence-electron chi connectivity index (χ0n) is 12.5. The Morgan fingerprint density at radius 3 is 2.39 bits per heavy atom.